The number of hydrogen-bond acceptors (Lipinski definition) is 2. The van der Waals surface area contributed by atoms with Gasteiger partial charge in [-0.15, -0.1) is 0 Å². The highest BCUT2D eigenvalue weighted by Gasteiger charge is 2.44. The largest absolute Gasteiger partial charge is 0.493 e. The van der Waals surface area contributed by atoms with Crippen LogP contribution in [-0.4, -0.2) is 12.5 Å². The van der Waals surface area contributed by atoms with Crippen molar-refractivity contribution in [2.24, 2.45) is 5.92 Å². The number of halogens is 2. The third-order valence-electron chi connectivity index (χ3n) is 4.73. The van der Waals surface area contributed by atoms with Crippen LogP contribution in [0.3, 0.4) is 0 Å². The third kappa shape index (κ3) is 3.24. The first kappa shape index (κ1) is 16.2. The van der Waals surface area contributed by atoms with Crippen LogP contribution in [-0.2, 0) is 4.79 Å². The zero-order chi connectivity index (χ0) is 16.7. The lowest BCUT2D eigenvalue weighted by Gasteiger charge is -2.27. The molecule has 1 heterocycles. The zero-order valence-corrected chi connectivity index (χ0v) is 16.1. The van der Waals surface area contributed by atoms with E-state index in [0.29, 0.717) is 12.5 Å². The molecule has 1 fully saturated rings. The van der Waals surface area contributed by atoms with Gasteiger partial charge in [-0.25, -0.2) is 0 Å². The number of carbonyl (C=O) groups excluding carboxylic acids is 1. The Labute approximate surface area is 158 Å². The number of hydrogen-bond donors (Lipinski definition) is 1. The second-order valence-electron chi connectivity index (χ2n) is 6.38. The molecule has 5 heteroatoms. The summed E-state index contributed by atoms with van der Waals surface area (Å²) in [6.45, 7) is 0.638. The van der Waals surface area contributed by atoms with Crippen LogP contribution in [0.1, 0.15) is 35.9 Å². The Morgan fingerprint density at radius 1 is 1.12 bits per heavy atom. The molecule has 1 N–H and O–H groups in total. The van der Waals surface area contributed by atoms with E-state index in [2.05, 4.69) is 49.3 Å². The number of nitrogens with one attached hydrogen (secondary N) is 1. The maximum Gasteiger partial charge on any atom is 0.224 e. The molecule has 3 nitrogen and oxygen atoms in total. The second kappa shape index (κ2) is 6.52. The highest BCUT2D eigenvalue weighted by Crippen LogP contribution is 2.48. The Morgan fingerprint density at radius 2 is 1.96 bits per heavy atom. The van der Waals surface area contributed by atoms with Gasteiger partial charge in [0, 0.05) is 26.8 Å². The van der Waals surface area contributed by atoms with Crippen LogP contribution >= 0.6 is 31.9 Å². The minimum absolute atomic E-state index is 0.0301. The van der Waals surface area contributed by atoms with E-state index in [9.17, 15) is 4.79 Å². The first-order chi connectivity index (χ1) is 11.6. The van der Waals surface area contributed by atoms with Crippen molar-refractivity contribution in [1.82, 2.24) is 5.32 Å². The van der Waals surface area contributed by atoms with Crippen molar-refractivity contribution in [3.8, 4) is 5.75 Å². The van der Waals surface area contributed by atoms with E-state index >= 15 is 0 Å². The van der Waals surface area contributed by atoms with Crippen molar-refractivity contribution < 1.29 is 9.53 Å². The molecule has 24 heavy (non-hydrogen) atoms. The van der Waals surface area contributed by atoms with E-state index in [4.69, 9.17) is 4.74 Å². The van der Waals surface area contributed by atoms with Crippen LogP contribution < -0.4 is 10.1 Å². The van der Waals surface area contributed by atoms with Crippen LogP contribution in [0.25, 0.3) is 0 Å². The molecule has 0 spiro atoms. The molecule has 0 aromatic heterocycles. The number of ether oxygens (including phenoxy) is 1. The Hall–Kier alpha value is -1.33. The van der Waals surface area contributed by atoms with E-state index in [1.165, 1.54) is 5.56 Å². The van der Waals surface area contributed by atoms with Gasteiger partial charge in [-0.3, -0.25) is 4.79 Å². The molecule has 2 aromatic rings. The quantitative estimate of drug-likeness (QED) is 0.717. The van der Waals surface area contributed by atoms with E-state index in [-0.39, 0.29) is 17.9 Å². The number of amides is 1. The Bertz CT molecular complexity index is 793. The van der Waals surface area contributed by atoms with Crippen LogP contribution in [0.2, 0.25) is 0 Å². The lowest BCUT2D eigenvalue weighted by Crippen LogP contribution is -2.33. The molecule has 0 saturated heterocycles. The monoisotopic (exact) mass is 449 g/mol. The van der Waals surface area contributed by atoms with Gasteiger partial charge in [0.15, 0.2) is 0 Å². The molecule has 3 unspecified atom stereocenters. The summed E-state index contributed by atoms with van der Waals surface area (Å²) in [6, 6.07) is 14.2. The number of fused-ring (bicyclic) bond motifs is 1. The number of rotatable bonds is 3. The van der Waals surface area contributed by atoms with Crippen molar-refractivity contribution >= 4 is 37.8 Å². The fraction of sp³-hybridized carbons (Fsp3) is 0.316. The predicted molar refractivity (Wildman–Crippen MR) is 100 cm³/mol. The summed E-state index contributed by atoms with van der Waals surface area (Å²) in [6.07, 6.45) is 1.74. The Morgan fingerprint density at radius 3 is 2.79 bits per heavy atom. The minimum atomic E-state index is 0.0301. The van der Waals surface area contributed by atoms with E-state index in [1.807, 2.05) is 30.3 Å². The SMILES string of the molecule is O=C(NC1CCOc2ccc(Br)cc21)C1CC1c1cccc(Br)c1. The van der Waals surface area contributed by atoms with E-state index in [0.717, 1.165) is 33.1 Å². The summed E-state index contributed by atoms with van der Waals surface area (Å²) in [4.78, 5) is 12.7. The molecule has 2 aliphatic rings. The molecule has 1 aliphatic heterocycles. The fourth-order valence-corrected chi connectivity index (χ4v) is 4.18. The van der Waals surface area contributed by atoms with Gasteiger partial charge >= 0.3 is 0 Å². The minimum Gasteiger partial charge on any atom is -0.493 e. The molecule has 0 radical (unpaired) electrons. The third-order valence-corrected chi connectivity index (χ3v) is 5.72. The van der Waals surface area contributed by atoms with Gasteiger partial charge in [0.05, 0.1) is 12.6 Å². The lowest BCUT2D eigenvalue weighted by atomic mass is 10.00. The van der Waals surface area contributed by atoms with Crippen LogP contribution in [0, 0.1) is 5.92 Å². The van der Waals surface area contributed by atoms with Crippen molar-refractivity contribution in [2.75, 3.05) is 6.61 Å². The molecular formula is C19H17Br2NO2. The van der Waals surface area contributed by atoms with Gasteiger partial charge in [-0.2, -0.15) is 0 Å². The highest BCUT2D eigenvalue weighted by atomic mass is 79.9. The van der Waals surface area contributed by atoms with Crippen molar-refractivity contribution in [3.63, 3.8) is 0 Å². The zero-order valence-electron chi connectivity index (χ0n) is 13.0. The van der Waals surface area contributed by atoms with Gasteiger partial charge in [0.25, 0.3) is 0 Å². The molecular weight excluding hydrogens is 434 g/mol. The van der Waals surface area contributed by atoms with Crippen LogP contribution in [0.15, 0.2) is 51.4 Å². The summed E-state index contributed by atoms with van der Waals surface area (Å²) >= 11 is 7.00. The topological polar surface area (TPSA) is 38.3 Å². The van der Waals surface area contributed by atoms with Crippen molar-refractivity contribution in [2.45, 2.75) is 24.8 Å². The summed E-state index contributed by atoms with van der Waals surface area (Å²) in [5, 5.41) is 3.23. The summed E-state index contributed by atoms with van der Waals surface area (Å²) in [5.74, 6) is 1.44. The summed E-state index contributed by atoms with van der Waals surface area (Å²) in [7, 11) is 0. The lowest BCUT2D eigenvalue weighted by molar-refractivity contribution is -0.123. The highest BCUT2D eigenvalue weighted by molar-refractivity contribution is 9.10. The van der Waals surface area contributed by atoms with Crippen LogP contribution in [0.4, 0.5) is 0 Å². The normalized spacial score (nSPS) is 24.7. The summed E-state index contributed by atoms with van der Waals surface area (Å²) in [5.41, 5.74) is 2.29. The number of carbonyl (C=O) groups is 1. The van der Waals surface area contributed by atoms with E-state index < -0.39 is 0 Å². The molecule has 124 valence electrons. The molecule has 1 aliphatic carbocycles. The van der Waals surface area contributed by atoms with Gasteiger partial charge in [-0.1, -0.05) is 44.0 Å². The first-order valence-electron chi connectivity index (χ1n) is 8.10. The summed E-state index contributed by atoms with van der Waals surface area (Å²) < 4.78 is 7.76. The van der Waals surface area contributed by atoms with Gasteiger partial charge in [-0.05, 0) is 48.2 Å². The standard InChI is InChI=1S/C19H17Br2NO2/c20-12-3-1-2-11(8-12)14-10-15(14)19(23)22-17-6-7-24-18-5-4-13(21)9-16(17)18/h1-5,8-9,14-15,17H,6-7,10H2,(H,22,23). The number of benzene rings is 2. The Kier molecular flexibility index (Phi) is 4.39. The average Bonchev–Trinajstić information content (AvgIpc) is 3.36. The van der Waals surface area contributed by atoms with Gasteiger partial charge in [0.2, 0.25) is 5.91 Å². The maximum atomic E-state index is 12.7. The predicted octanol–water partition coefficient (Wildman–Crippen LogP) is 4.96. The maximum absolute atomic E-state index is 12.7. The second-order valence-corrected chi connectivity index (χ2v) is 8.22. The Balaban J connectivity index is 1.46. The van der Waals surface area contributed by atoms with E-state index in [1.54, 1.807) is 0 Å². The first-order valence-corrected chi connectivity index (χ1v) is 9.68. The van der Waals surface area contributed by atoms with Crippen LogP contribution in [0.5, 0.6) is 5.75 Å². The molecule has 2 aromatic carbocycles. The molecule has 1 saturated carbocycles. The van der Waals surface area contributed by atoms with Gasteiger partial charge in [0.1, 0.15) is 5.75 Å². The molecule has 1 amide bonds. The smallest absolute Gasteiger partial charge is 0.224 e. The van der Waals surface area contributed by atoms with Crippen molar-refractivity contribution in [1.29, 1.82) is 0 Å². The van der Waals surface area contributed by atoms with Crippen molar-refractivity contribution in [3.05, 3.63) is 62.5 Å². The molecule has 3 atom stereocenters. The molecule has 0 bridgehead atoms. The molecule has 4 rings (SSSR count). The average molecular weight is 451 g/mol. The van der Waals surface area contributed by atoms with Gasteiger partial charge < -0.3 is 10.1 Å². The fourth-order valence-electron chi connectivity index (χ4n) is 3.38.